The Morgan fingerprint density at radius 2 is 2.04 bits per heavy atom. The van der Waals surface area contributed by atoms with E-state index in [1.807, 2.05) is 0 Å². The van der Waals surface area contributed by atoms with Gasteiger partial charge in [0.15, 0.2) is 17.3 Å². The second-order valence-corrected chi connectivity index (χ2v) is 5.78. The van der Waals surface area contributed by atoms with Crippen LogP contribution in [0, 0.1) is 10.1 Å². The van der Waals surface area contributed by atoms with E-state index in [0.29, 0.717) is 36.0 Å². The van der Waals surface area contributed by atoms with Crippen molar-refractivity contribution in [2.24, 2.45) is 0 Å². The molecule has 0 fully saturated rings. The first kappa shape index (κ1) is 17.8. The van der Waals surface area contributed by atoms with Gasteiger partial charge in [-0.2, -0.15) is 0 Å². The summed E-state index contributed by atoms with van der Waals surface area (Å²) in [5.74, 6) is 1.16. The van der Waals surface area contributed by atoms with Crippen LogP contribution < -0.4 is 14.2 Å². The molecule has 0 bridgehead atoms. The summed E-state index contributed by atoms with van der Waals surface area (Å²) in [4.78, 5) is 22.6. The number of benzene rings is 2. The van der Waals surface area contributed by atoms with Crippen molar-refractivity contribution in [1.29, 1.82) is 0 Å². The molecule has 0 radical (unpaired) electrons. The van der Waals surface area contributed by atoms with Gasteiger partial charge in [0.1, 0.15) is 18.2 Å². The van der Waals surface area contributed by atoms with E-state index in [9.17, 15) is 14.9 Å². The number of methoxy groups -OCH3 is 1. The lowest BCUT2D eigenvalue weighted by Gasteiger charge is -2.20. The fraction of sp³-hybridized carbons (Fsp3) is 0.167. The normalized spacial score (nSPS) is 12.8. The zero-order valence-electron chi connectivity index (χ0n) is 13.7. The zero-order valence-corrected chi connectivity index (χ0v) is 14.5. The first-order chi connectivity index (χ1) is 12.5. The molecule has 3 rings (SSSR count). The predicted octanol–water partition coefficient (Wildman–Crippen LogP) is 3.92. The highest BCUT2D eigenvalue weighted by atomic mass is 35.5. The van der Waals surface area contributed by atoms with E-state index in [0.717, 1.165) is 6.07 Å². The predicted molar refractivity (Wildman–Crippen MR) is 95.5 cm³/mol. The minimum absolute atomic E-state index is 0.0212. The van der Waals surface area contributed by atoms with Crippen molar-refractivity contribution in [3.63, 3.8) is 0 Å². The number of nitrogens with zero attached hydrogens (tertiary/aromatic N) is 1. The molecule has 1 aliphatic heterocycles. The Hall–Kier alpha value is -3.06. The van der Waals surface area contributed by atoms with Crippen LogP contribution in [0.4, 0.5) is 5.69 Å². The van der Waals surface area contributed by atoms with E-state index in [4.69, 9.17) is 25.8 Å². The van der Waals surface area contributed by atoms with Crippen LogP contribution in [-0.4, -0.2) is 31.0 Å². The number of carbonyl (C=O) groups excluding carboxylic acids is 1. The van der Waals surface area contributed by atoms with Gasteiger partial charge in [-0.25, -0.2) is 0 Å². The van der Waals surface area contributed by atoms with E-state index >= 15 is 0 Å². The van der Waals surface area contributed by atoms with Crippen LogP contribution >= 0.6 is 11.6 Å². The van der Waals surface area contributed by atoms with Crippen LogP contribution in [0.3, 0.4) is 0 Å². The maximum atomic E-state index is 12.3. The quantitative estimate of drug-likeness (QED) is 0.340. The summed E-state index contributed by atoms with van der Waals surface area (Å²) in [5, 5.41) is 10.9. The molecule has 0 aromatic heterocycles. The van der Waals surface area contributed by atoms with E-state index < -0.39 is 10.7 Å². The van der Waals surface area contributed by atoms with Crippen LogP contribution in [-0.2, 0) is 0 Å². The van der Waals surface area contributed by atoms with Crippen molar-refractivity contribution in [1.82, 2.24) is 0 Å². The Balaban J connectivity index is 1.87. The van der Waals surface area contributed by atoms with Gasteiger partial charge in [0.2, 0.25) is 5.75 Å². The Labute approximate surface area is 153 Å². The number of allylic oxidation sites excluding steroid dienone is 1. The number of fused-ring (bicyclic) bond motifs is 1. The average Bonchev–Trinajstić information content (AvgIpc) is 2.65. The lowest BCUT2D eigenvalue weighted by Crippen LogP contribution is -2.16. The molecule has 2 aromatic rings. The fourth-order valence-corrected chi connectivity index (χ4v) is 2.65. The van der Waals surface area contributed by atoms with Crippen molar-refractivity contribution in [3.8, 4) is 17.2 Å². The molecular formula is C18H14ClNO6. The summed E-state index contributed by atoms with van der Waals surface area (Å²) in [7, 11) is 1.51. The SMILES string of the molecule is COc1cc(/C=C/C(=O)c2ccc(Cl)c([N+](=O)[O-])c2)cc2c1OCCO2. The van der Waals surface area contributed by atoms with Gasteiger partial charge in [0.05, 0.1) is 12.0 Å². The number of halogens is 1. The summed E-state index contributed by atoms with van der Waals surface area (Å²) in [6.45, 7) is 0.864. The maximum absolute atomic E-state index is 12.3. The highest BCUT2D eigenvalue weighted by Gasteiger charge is 2.18. The molecule has 1 aliphatic rings. The number of rotatable bonds is 5. The Morgan fingerprint density at radius 3 is 2.77 bits per heavy atom. The monoisotopic (exact) mass is 375 g/mol. The lowest BCUT2D eigenvalue weighted by molar-refractivity contribution is -0.384. The molecule has 0 amide bonds. The average molecular weight is 376 g/mol. The number of nitro groups is 1. The standard InChI is InChI=1S/C18H14ClNO6/c1-24-16-8-11(9-17-18(16)26-7-6-25-17)2-5-15(21)12-3-4-13(19)14(10-12)20(22)23/h2-5,8-10H,6-7H2,1H3/b5-2+. The molecule has 0 spiro atoms. The van der Waals surface area contributed by atoms with Crippen LogP contribution in [0.2, 0.25) is 5.02 Å². The Morgan fingerprint density at radius 1 is 1.27 bits per heavy atom. The van der Waals surface area contributed by atoms with Gasteiger partial charge in [-0.05, 0) is 35.9 Å². The molecule has 2 aromatic carbocycles. The summed E-state index contributed by atoms with van der Waals surface area (Å²) in [6.07, 6.45) is 2.89. The van der Waals surface area contributed by atoms with Gasteiger partial charge in [-0.15, -0.1) is 0 Å². The lowest BCUT2D eigenvalue weighted by atomic mass is 10.1. The third-order valence-corrected chi connectivity index (χ3v) is 4.02. The van der Waals surface area contributed by atoms with Crippen molar-refractivity contribution in [2.45, 2.75) is 0 Å². The van der Waals surface area contributed by atoms with Crippen molar-refractivity contribution in [3.05, 3.63) is 62.7 Å². The number of hydrogen-bond acceptors (Lipinski definition) is 6. The van der Waals surface area contributed by atoms with Crippen LogP contribution in [0.15, 0.2) is 36.4 Å². The minimum Gasteiger partial charge on any atom is -0.493 e. The first-order valence-electron chi connectivity index (χ1n) is 7.63. The summed E-state index contributed by atoms with van der Waals surface area (Å²) >= 11 is 5.76. The van der Waals surface area contributed by atoms with Crippen LogP contribution in [0.1, 0.15) is 15.9 Å². The molecule has 0 saturated carbocycles. The van der Waals surface area contributed by atoms with E-state index in [-0.39, 0.29) is 16.3 Å². The van der Waals surface area contributed by atoms with Gasteiger partial charge < -0.3 is 14.2 Å². The number of ether oxygens (including phenoxy) is 3. The maximum Gasteiger partial charge on any atom is 0.288 e. The molecule has 0 unspecified atom stereocenters. The minimum atomic E-state index is -0.630. The third kappa shape index (κ3) is 3.62. The molecule has 7 nitrogen and oxygen atoms in total. The van der Waals surface area contributed by atoms with Gasteiger partial charge in [0, 0.05) is 11.6 Å². The highest BCUT2D eigenvalue weighted by Crippen LogP contribution is 2.40. The first-order valence-corrected chi connectivity index (χ1v) is 8.01. The van der Waals surface area contributed by atoms with Gasteiger partial charge in [-0.1, -0.05) is 17.7 Å². The molecule has 0 aliphatic carbocycles. The number of carbonyl (C=O) groups is 1. The van der Waals surface area contributed by atoms with E-state index in [2.05, 4.69) is 0 Å². The van der Waals surface area contributed by atoms with Crippen molar-refractivity contribution in [2.75, 3.05) is 20.3 Å². The molecule has 8 heteroatoms. The Kier molecular flexibility index (Phi) is 5.09. The van der Waals surface area contributed by atoms with E-state index in [1.54, 1.807) is 18.2 Å². The van der Waals surface area contributed by atoms with Crippen molar-refractivity contribution < 1.29 is 23.9 Å². The number of ketones is 1. The van der Waals surface area contributed by atoms with Crippen LogP contribution in [0.25, 0.3) is 6.08 Å². The highest BCUT2D eigenvalue weighted by molar-refractivity contribution is 6.32. The summed E-state index contributed by atoms with van der Waals surface area (Å²) in [5.41, 5.74) is 0.525. The molecule has 0 atom stereocenters. The smallest absolute Gasteiger partial charge is 0.288 e. The molecule has 0 N–H and O–H groups in total. The fourth-order valence-electron chi connectivity index (χ4n) is 2.46. The third-order valence-electron chi connectivity index (χ3n) is 3.70. The van der Waals surface area contributed by atoms with Gasteiger partial charge in [0.25, 0.3) is 5.69 Å². The van der Waals surface area contributed by atoms with Crippen LogP contribution in [0.5, 0.6) is 17.2 Å². The molecule has 26 heavy (non-hydrogen) atoms. The molecule has 134 valence electrons. The number of hydrogen-bond donors (Lipinski definition) is 0. The molecule has 1 heterocycles. The largest absolute Gasteiger partial charge is 0.493 e. The topological polar surface area (TPSA) is 87.9 Å². The van der Waals surface area contributed by atoms with Gasteiger partial charge >= 0.3 is 0 Å². The second-order valence-electron chi connectivity index (χ2n) is 5.37. The second kappa shape index (κ2) is 7.45. The zero-order chi connectivity index (χ0) is 18.7. The molecule has 0 saturated heterocycles. The summed E-state index contributed by atoms with van der Waals surface area (Å²) in [6, 6.07) is 7.35. The van der Waals surface area contributed by atoms with Crippen molar-refractivity contribution >= 4 is 29.1 Å². The van der Waals surface area contributed by atoms with E-state index in [1.165, 1.54) is 25.3 Å². The Bertz CT molecular complexity index is 892. The summed E-state index contributed by atoms with van der Waals surface area (Å²) < 4.78 is 16.4. The van der Waals surface area contributed by atoms with Gasteiger partial charge in [-0.3, -0.25) is 14.9 Å². The number of nitro benzene ring substituents is 1. The molecular weight excluding hydrogens is 362 g/mol.